The van der Waals surface area contributed by atoms with E-state index in [4.69, 9.17) is 0 Å². The third kappa shape index (κ3) is 2.48. The molecule has 1 aromatic carbocycles. The van der Waals surface area contributed by atoms with Crippen LogP contribution in [-0.4, -0.2) is 4.57 Å². The molecule has 0 N–H and O–H groups in total. The lowest BCUT2D eigenvalue weighted by molar-refractivity contribution is -0.137. The lowest BCUT2D eigenvalue weighted by atomic mass is 10.1. The van der Waals surface area contributed by atoms with Gasteiger partial charge in [0.25, 0.3) is 0 Å². The highest BCUT2D eigenvalue weighted by atomic mass is 32.1. The zero-order chi connectivity index (χ0) is 13.3. The predicted molar refractivity (Wildman–Crippen MR) is 64.7 cm³/mol. The molecule has 2 rings (SSSR count). The summed E-state index contributed by atoms with van der Waals surface area (Å²) in [6, 6.07) is 4.81. The van der Waals surface area contributed by atoms with Crippen molar-refractivity contribution in [2.75, 3.05) is 0 Å². The smallest absolute Gasteiger partial charge is 0.306 e. The summed E-state index contributed by atoms with van der Waals surface area (Å²) in [4.78, 5) is 12.0. The highest BCUT2D eigenvalue weighted by Gasteiger charge is 2.30. The minimum Gasteiger partial charge on any atom is -0.306 e. The molecule has 0 aliphatic rings. The second-order valence-corrected chi connectivity index (χ2v) is 4.72. The van der Waals surface area contributed by atoms with Crippen LogP contribution in [0.4, 0.5) is 13.2 Å². The zero-order valence-corrected chi connectivity index (χ0v) is 10.3. The first-order valence-electron chi connectivity index (χ1n) is 5.29. The average Bonchev–Trinajstić information content (AvgIpc) is 2.69. The van der Waals surface area contributed by atoms with Crippen LogP contribution in [0.15, 0.2) is 35.3 Å². The number of nitrogens with zero attached hydrogens (tertiary/aromatic N) is 1. The van der Waals surface area contributed by atoms with Crippen LogP contribution in [0.5, 0.6) is 0 Å². The van der Waals surface area contributed by atoms with E-state index >= 15 is 0 Å². The van der Waals surface area contributed by atoms with Crippen LogP contribution in [0.3, 0.4) is 0 Å². The van der Waals surface area contributed by atoms with Crippen LogP contribution in [0.2, 0.25) is 0 Å². The first-order valence-corrected chi connectivity index (χ1v) is 6.11. The molecule has 0 aliphatic carbocycles. The van der Waals surface area contributed by atoms with Gasteiger partial charge in [0.1, 0.15) is 0 Å². The van der Waals surface area contributed by atoms with Gasteiger partial charge in [-0.25, -0.2) is 0 Å². The fourth-order valence-electron chi connectivity index (χ4n) is 1.55. The van der Waals surface area contributed by atoms with Gasteiger partial charge < -0.3 is 4.57 Å². The van der Waals surface area contributed by atoms with Crippen LogP contribution in [0.25, 0.3) is 10.4 Å². The third-order valence-corrected chi connectivity index (χ3v) is 3.51. The van der Waals surface area contributed by atoms with Gasteiger partial charge in [0, 0.05) is 12.7 Å². The van der Waals surface area contributed by atoms with Crippen molar-refractivity contribution in [2.24, 2.45) is 0 Å². The average molecular weight is 273 g/mol. The molecule has 2 aromatic rings. The van der Waals surface area contributed by atoms with E-state index in [9.17, 15) is 18.0 Å². The molecule has 0 radical (unpaired) electrons. The first kappa shape index (κ1) is 12.9. The summed E-state index contributed by atoms with van der Waals surface area (Å²) < 4.78 is 38.7. The highest BCUT2D eigenvalue weighted by molar-refractivity contribution is 7.12. The van der Waals surface area contributed by atoms with Crippen molar-refractivity contribution in [3.05, 3.63) is 45.7 Å². The number of hydrogen-bond donors (Lipinski definition) is 0. The molecule has 2 nitrogen and oxygen atoms in total. The van der Waals surface area contributed by atoms with E-state index in [2.05, 4.69) is 0 Å². The van der Waals surface area contributed by atoms with E-state index < -0.39 is 11.7 Å². The number of aryl methyl sites for hydroxylation is 1. The van der Waals surface area contributed by atoms with Crippen molar-refractivity contribution in [3.63, 3.8) is 0 Å². The van der Waals surface area contributed by atoms with Gasteiger partial charge in [0.05, 0.1) is 10.4 Å². The molecule has 0 fully saturated rings. The number of benzene rings is 1. The molecular formula is C12H10F3NOS. The Morgan fingerprint density at radius 2 is 1.83 bits per heavy atom. The lowest BCUT2D eigenvalue weighted by Gasteiger charge is -2.06. The molecular weight excluding hydrogens is 263 g/mol. The van der Waals surface area contributed by atoms with Gasteiger partial charge in [-0.2, -0.15) is 13.2 Å². The first-order chi connectivity index (χ1) is 8.41. The fourth-order valence-corrected chi connectivity index (χ4v) is 2.47. The molecule has 1 aromatic heterocycles. The maximum absolute atomic E-state index is 12.4. The van der Waals surface area contributed by atoms with Gasteiger partial charge in [0.15, 0.2) is 0 Å². The summed E-state index contributed by atoms with van der Waals surface area (Å²) in [6.07, 6.45) is -2.67. The Labute approximate surface area is 105 Å². The fraction of sp³-hybridized carbons (Fsp3) is 0.250. The van der Waals surface area contributed by atoms with Gasteiger partial charge in [0.2, 0.25) is 0 Å². The molecule has 0 amide bonds. The summed E-state index contributed by atoms with van der Waals surface area (Å²) in [6.45, 7) is 2.39. The molecule has 0 bridgehead atoms. The number of hydrogen-bond acceptors (Lipinski definition) is 2. The van der Waals surface area contributed by atoms with E-state index in [-0.39, 0.29) is 4.87 Å². The van der Waals surface area contributed by atoms with Gasteiger partial charge in [-0.15, -0.1) is 0 Å². The Kier molecular flexibility index (Phi) is 3.30. The Morgan fingerprint density at radius 1 is 1.22 bits per heavy atom. The van der Waals surface area contributed by atoms with E-state index in [0.29, 0.717) is 17.0 Å². The van der Waals surface area contributed by atoms with Gasteiger partial charge in [-0.05, 0) is 24.6 Å². The Hall–Kier alpha value is -1.56. The normalized spacial score (nSPS) is 11.8. The van der Waals surface area contributed by atoms with Crippen molar-refractivity contribution in [3.8, 4) is 10.4 Å². The van der Waals surface area contributed by atoms with Crippen molar-refractivity contribution in [2.45, 2.75) is 19.6 Å². The maximum atomic E-state index is 12.4. The van der Waals surface area contributed by atoms with Crippen LogP contribution in [-0.2, 0) is 12.7 Å². The zero-order valence-electron chi connectivity index (χ0n) is 9.49. The molecule has 1 heterocycles. The number of thiazole rings is 1. The second-order valence-electron chi connectivity index (χ2n) is 3.72. The van der Waals surface area contributed by atoms with Crippen LogP contribution in [0, 0.1) is 0 Å². The molecule has 0 unspecified atom stereocenters. The van der Waals surface area contributed by atoms with E-state index in [1.807, 2.05) is 6.92 Å². The van der Waals surface area contributed by atoms with Crippen molar-refractivity contribution < 1.29 is 13.2 Å². The summed E-state index contributed by atoms with van der Waals surface area (Å²) in [5, 5.41) is 0. The maximum Gasteiger partial charge on any atom is 0.416 e. The predicted octanol–water partition coefficient (Wildman–Crippen LogP) is 3.62. The van der Waals surface area contributed by atoms with Gasteiger partial charge in [-0.3, -0.25) is 4.79 Å². The number of halogens is 3. The molecule has 6 heteroatoms. The van der Waals surface area contributed by atoms with Crippen molar-refractivity contribution in [1.29, 1.82) is 0 Å². The molecule has 0 saturated heterocycles. The summed E-state index contributed by atoms with van der Waals surface area (Å²) in [5.41, 5.74) is -0.0641. The number of rotatable bonds is 2. The topological polar surface area (TPSA) is 22.0 Å². The van der Waals surface area contributed by atoms with Gasteiger partial charge >= 0.3 is 11.0 Å². The number of aromatic nitrogens is 1. The molecule has 0 spiro atoms. The minimum absolute atomic E-state index is 0.104. The molecule has 18 heavy (non-hydrogen) atoms. The van der Waals surface area contributed by atoms with Crippen LogP contribution in [0.1, 0.15) is 12.5 Å². The Bertz CT molecular complexity index is 595. The summed E-state index contributed by atoms with van der Waals surface area (Å²) in [7, 11) is 0. The molecule has 0 aliphatic heterocycles. The monoisotopic (exact) mass is 273 g/mol. The summed E-state index contributed by atoms with van der Waals surface area (Å²) >= 11 is 1.03. The molecule has 96 valence electrons. The second kappa shape index (κ2) is 4.61. The SMILES string of the molecule is CCn1cc(-c2ccc(C(F)(F)F)cc2)sc1=O. The van der Waals surface area contributed by atoms with Crippen molar-refractivity contribution >= 4 is 11.3 Å². The van der Waals surface area contributed by atoms with Gasteiger partial charge in [-0.1, -0.05) is 23.5 Å². The Balaban J connectivity index is 2.37. The van der Waals surface area contributed by atoms with E-state index in [1.165, 1.54) is 16.7 Å². The quantitative estimate of drug-likeness (QED) is 0.819. The number of alkyl halides is 3. The van der Waals surface area contributed by atoms with Crippen molar-refractivity contribution in [1.82, 2.24) is 4.57 Å². The molecule has 0 atom stereocenters. The Morgan fingerprint density at radius 3 is 2.28 bits per heavy atom. The largest absolute Gasteiger partial charge is 0.416 e. The standard InChI is InChI=1S/C12H10F3NOS/c1-2-16-7-10(18-11(16)17)8-3-5-9(6-4-8)12(13,14)15/h3-7H,2H2,1H3. The van der Waals surface area contributed by atoms with Crippen LogP contribution >= 0.6 is 11.3 Å². The van der Waals surface area contributed by atoms with E-state index in [1.54, 1.807) is 6.20 Å². The molecule has 0 saturated carbocycles. The van der Waals surface area contributed by atoms with Crippen LogP contribution < -0.4 is 4.87 Å². The summed E-state index contributed by atoms with van der Waals surface area (Å²) in [5.74, 6) is 0. The lowest BCUT2D eigenvalue weighted by Crippen LogP contribution is -2.09. The minimum atomic E-state index is -4.33. The highest BCUT2D eigenvalue weighted by Crippen LogP contribution is 2.31. The van der Waals surface area contributed by atoms with E-state index in [0.717, 1.165) is 23.5 Å². The third-order valence-electron chi connectivity index (χ3n) is 2.54.